The van der Waals surface area contributed by atoms with E-state index in [0.717, 1.165) is 18.8 Å². The number of rotatable bonds is 7. The lowest BCUT2D eigenvalue weighted by atomic mass is 10.1. The summed E-state index contributed by atoms with van der Waals surface area (Å²) < 4.78 is 32.8. The molecule has 0 aromatic heterocycles. The molecular weight excluding hydrogens is 458 g/mol. The lowest BCUT2D eigenvalue weighted by Crippen LogP contribution is -2.48. The van der Waals surface area contributed by atoms with Crippen LogP contribution in [0.1, 0.15) is 10.4 Å². The molecule has 1 aliphatic heterocycles. The highest BCUT2D eigenvalue weighted by atomic mass is 79.9. The van der Waals surface area contributed by atoms with Gasteiger partial charge in [-0.05, 0) is 46.3 Å². The minimum Gasteiger partial charge on any atom is -0.383 e. The zero-order chi connectivity index (χ0) is 20.9. The summed E-state index contributed by atoms with van der Waals surface area (Å²) in [5.41, 5.74) is 1.48. The number of nitrogens with zero attached hydrogens (tertiary/aromatic N) is 2. The van der Waals surface area contributed by atoms with E-state index in [0.29, 0.717) is 23.1 Å². The Bertz CT molecular complexity index is 945. The van der Waals surface area contributed by atoms with Crippen LogP contribution in [0.25, 0.3) is 0 Å². The molecule has 0 aliphatic carbocycles. The average Bonchev–Trinajstić information content (AvgIpc) is 2.74. The number of sulfonamides is 1. The number of piperazine rings is 1. The maximum absolute atomic E-state index is 13.0. The van der Waals surface area contributed by atoms with E-state index >= 15 is 0 Å². The van der Waals surface area contributed by atoms with Gasteiger partial charge >= 0.3 is 0 Å². The van der Waals surface area contributed by atoms with E-state index in [1.807, 2.05) is 18.2 Å². The molecule has 1 aliphatic rings. The summed E-state index contributed by atoms with van der Waals surface area (Å²) in [6.45, 7) is 3.03. The van der Waals surface area contributed by atoms with Crippen LogP contribution in [-0.2, 0) is 14.8 Å². The molecule has 2 aromatic rings. The number of methoxy groups -OCH3 is 1. The van der Waals surface area contributed by atoms with Crippen molar-refractivity contribution in [2.45, 2.75) is 4.90 Å². The van der Waals surface area contributed by atoms with Gasteiger partial charge in [0.25, 0.3) is 5.91 Å². The number of amides is 1. The van der Waals surface area contributed by atoms with E-state index in [1.165, 1.54) is 19.2 Å². The first kappa shape index (κ1) is 21.8. The number of hydrogen-bond acceptors (Lipinski definition) is 5. The van der Waals surface area contributed by atoms with Crippen molar-refractivity contribution >= 4 is 37.5 Å². The van der Waals surface area contributed by atoms with Gasteiger partial charge in [-0.1, -0.05) is 18.2 Å². The van der Waals surface area contributed by atoms with E-state index in [1.54, 1.807) is 11.0 Å². The fourth-order valence-corrected chi connectivity index (χ4v) is 4.63. The minimum atomic E-state index is -3.71. The highest BCUT2D eigenvalue weighted by molar-refractivity contribution is 9.10. The Hall–Kier alpha value is -1.94. The van der Waals surface area contributed by atoms with Crippen molar-refractivity contribution < 1.29 is 17.9 Å². The molecule has 1 amide bonds. The van der Waals surface area contributed by atoms with Crippen LogP contribution < -0.4 is 9.62 Å². The lowest BCUT2D eigenvalue weighted by Gasteiger charge is -2.36. The molecular formula is C20H24BrN3O4S. The molecule has 0 bridgehead atoms. The Kier molecular flexibility index (Phi) is 7.28. The van der Waals surface area contributed by atoms with Gasteiger partial charge in [0.15, 0.2) is 0 Å². The molecule has 1 N–H and O–H groups in total. The van der Waals surface area contributed by atoms with Gasteiger partial charge in [0.2, 0.25) is 10.0 Å². The lowest BCUT2D eigenvalue weighted by molar-refractivity contribution is 0.0745. The zero-order valence-electron chi connectivity index (χ0n) is 16.2. The summed E-state index contributed by atoms with van der Waals surface area (Å²) in [5.74, 6) is -0.182. The molecule has 1 heterocycles. The normalized spacial score (nSPS) is 14.8. The number of para-hydroxylation sites is 1. The number of hydrogen-bond donors (Lipinski definition) is 1. The second-order valence-corrected chi connectivity index (χ2v) is 9.27. The van der Waals surface area contributed by atoms with E-state index < -0.39 is 10.0 Å². The third-order valence-corrected chi connectivity index (χ3v) is 6.92. The number of carbonyl (C=O) groups is 1. The SMILES string of the molecule is COCCNS(=O)(=O)c1ccc(Br)c(C(=O)N2CCN(c3ccccc3)CC2)c1. The number of ether oxygens (including phenoxy) is 1. The van der Waals surface area contributed by atoms with Crippen LogP contribution in [0.5, 0.6) is 0 Å². The molecule has 0 spiro atoms. The first-order valence-electron chi connectivity index (χ1n) is 9.30. The van der Waals surface area contributed by atoms with Crippen molar-refractivity contribution in [1.82, 2.24) is 9.62 Å². The summed E-state index contributed by atoms with van der Waals surface area (Å²) in [5, 5.41) is 0. The van der Waals surface area contributed by atoms with Crippen molar-refractivity contribution in [1.29, 1.82) is 0 Å². The van der Waals surface area contributed by atoms with Crippen LogP contribution in [0.2, 0.25) is 0 Å². The van der Waals surface area contributed by atoms with Gasteiger partial charge < -0.3 is 14.5 Å². The predicted octanol–water partition coefficient (Wildman–Crippen LogP) is 2.34. The summed E-state index contributed by atoms with van der Waals surface area (Å²) in [7, 11) is -2.21. The van der Waals surface area contributed by atoms with Gasteiger partial charge in [-0.25, -0.2) is 13.1 Å². The molecule has 0 saturated carbocycles. The molecule has 0 atom stereocenters. The van der Waals surface area contributed by atoms with Gasteiger partial charge in [0.05, 0.1) is 17.1 Å². The van der Waals surface area contributed by atoms with E-state index in [2.05, 4.69) is 37.7 Å². The highest BCUT2D eigenvalue weighted by Crippen LogP contribution is 2.24. The Labute approximate surface area is 179 Å². The zero-order valence-corrected chi connectivity index (χ0v) is 18.6. The topological polar surface area (TPSA) is 78.9 Å². The van der Waals surface area contributed by atoms with Gasteiger partial charge in [0, 0.05) is 50.0 Å². The Morgan fingerprint density at radius 1 is 1.10 bits per heavy atom. The van der Waals surface area contributed by atoms with Gasteiger partial charge in [-0.3, -0.25) is 4.79 Å². The summed E-state index contributed by atoms with van der Waals surface area (Å²) in [4.78, 5) is 17.1. The maximum Gasteiger partial charge on any atom is 0.255 e. The highest BCUT2D eigenvalue weighted by Gasteiger charge is 2.25. The van der Waals surface area contributed by atoms with E-state index in [4.69, 9.17) is 4.74 Å². The molecule has 29 heavy (non-hydrogen) atoms. The number of halogens is 1. The Morgan fingerprint density at radius 2 is 1.79 bits per heavy atom. The fourth-order valence-electron chi connectivity index (χ4n) is 3.17. The molecule has 0 unspecified atom stereocenters. The van der Waals surface area contributed by atoms with Crippen LogP contribution in [0.4, 0.5) is 5.69 Å². The Balaban J connectivity index is 1.71. The Morgan fingerprint density at radius 3 is 2.45 bits per heavy atom. The summed E-state index contributed by atoms with van der Waals surface area (Å²) >= 11 is 3.38. The molecule has 156 valence electrons. The fraction of sp³-hybridized carbons (Fsp3) is 0.350. The van der Waals surface area contributed by atoms with Crippen molar-refractivity contribution in [2.24, 2.45) is 0 Å². The van der Waals surface area contributed by atoms with Crippen molar-refractivity contribution in [3.05, 3.63) is 58.6 Å². The van der Waals surface area contributed by atoms with Gasteiger partial charge in [-0.2, -0.15) is 0 Å². The van der Waals surface area contributed by atoms with Crippen molar-refractivity contribution in [2.75, 3.05) is 51.3 Å². The first-order chi connectivity index (χ1) is 13.9. The first-order valence-corrected chi connectivity index (χ1v) is 11.6. The van der Waals surface area contributed by atoms with Crippen LogP contribution in [0, 0.1) is 0 Å². The van der Waals surface area contributed by atoms with Crippen LogP contribution in [0.15, 0.2) is 57.9 Å². The molecule has 9 heteroatoms. The largest absolute Gasteiger partial charge is 0.383 e. The van der Waals surface area contributed by atoms with Gasteiger partial charge in [-0.15, -0.1) is 0 Å². The minimum absolute atomic E-state index is 0.0584. The van der Waals surface area contributed by atoms with E-state index in [9.17, 15) is 13.2 Å². The molecule has 3 rings (SSSR count). The number of anilines is 1. The number of nitrogens with one attached hydrogen (secondary N) is 1. The monoisotopic (exact) mass is 481 g/mol. The number of carbonyl (C=O) groups excluding carboxylic acids is 1. The standard InChI is InChI=1S/C20H24BrN3O4S/c1-28-14-9-22-29(26,27)17-7-8-19(21)18(15-17)20(25)24-12-10-23(11-13-24)16-5-3-2-4-6-16/h2-8,15,22H,9-14H2,1H3. The molecule has 1 saturated heterocycles. The summed E-state index contributed by atoms with van der Waals surface area (Å²) in [6, 6.07) is 14.6. The van der Waals surface area contributed by atoms with Crippen molar-refractivity contribution in [3.8, 4) is 0 Å². The predicted molar refractivity (Wildman–Crippen MR) is 116 cm³/mol. The summed E-state index contributed by atoms with van der Waals surface area (Å²) in [6.07, 6.45) is 0. The second-order valence-electron chi connectivity index (χ2n) is 6.65. The maximum atomic E-state index is 13.0. The van der Waals surface area contributed by atoms with Gasteiger partial charge in [0.1, 0.15) is 0 Å². The third kappa shape index (κ3) is 5.36. The second kappa shape index (κ2) is 9.71. The molecule has 7 nitrogen and oxygen atoms in total. The quantitative estimate of drug-likeness (QED) is 0.613. The van der Waals surface area contributed by atoms with Crippen LogP contribution in [0.3, 0.4) is 0 Å². The van der Waals surface area contributed by atoms with Crippen LogP contribution in [-0.4, -0.2) is 65.7 Å². The average molecular weight is 482 g/mol. The molecule has 1 fully saturated rings. The molecule has 0 radical (unpaired) electrons. The van der Waals surface area contributed by atoms with Crippen molar-refractivity contribution in [3.63, 3.8) is 0 Å². The molecule has 2 aromatic carbocycles. The van der Waals surface area contributed by atoms with Crippen LogP contribution >= 0.6 is 15.9 Å². The van der Waals surface area contributed by atoms with E-state index in [-0.39, 0.29) is 24.0 Å². The number of benzene rings is 2. The third-order valence-electron chi connectivity index (χ3n) is 4.77. The smallest absolute Gasteiger partial charge is 0.255 e.